The van der Waals surface area contributed by atoms with Crippen molar-refractivity contribution in [3.05, 3.63) is 11.4 Å². The van der Waals surface area contributed by atoms with Crippen LogP contribution in [0.2, 0.25) is 0 Å². The fourth-order valence-corrected chi connectivity index (χ4v) is 2.85. The molecule has 2 unspecified atom stereocenters. The fraction of sp³-hybridized carbons (Fsp3) is 0.750. The van der Waals surface area contributed by atoms with Crippen LogP contribution < -0.4 is 10.2 Å². The maximum atomic E-state index is 4.86. The Bertz CT molecular complexity index is 495. The average Bonchev–Trinajstić information content (AvgIpc) is 3.31. The van der Waals surface area contributed by atoms with Gasteiger partial charge in [0.25, 0.3) is 0 Å². The van der Waals surface area contributed by atoms with E-state index < -0.39 is 0 Å². The molecule has 1 aromatic rings. The van der Waals surface area contributed by atoms with Crippen molar-refractivity contribution in [1.29, 1.82) is 0 Å². The zero-order valence-electron chi connectivity index (χ0n) is 13.1. The molecule has 20 heavy (non-hydrogen) atoms. The maximum absolute atomic E-state index is 4.86. The number of anilines is 2. The van der Waals surface area contributed by atoms with Crippen LogP contribution in [0.3, 0.4) is 0 Å². The first-order valence-corrected chi connectivity index (χ1v) is 7.93. The van der Waals surface area contributed by atoms with E-state index in [0.717, 1.165) is 42.4 Å². The van der Waals surface area contributed by atoms with Crippen LogP contribution in [0, 0.1) is 18.8 Å². The van der Waals surface area contributed by atoms with Gasteiger partial charge in [0.15, 0.2) is 0 Å². The number of rotatable bonds is 6. The molecule has 0 bridgehead atoms. The second-order valence-corrected chi connectivity index (χ2v) is 6.54. The summed E-state index contributed by atoms with van der Waals surface area (Å²) in [5, 5.41) is 3.39. The van der Waals surface area contributed by atoms with Crippen molar-refractivity contribution >= 4 is 11.6 Å². The van der Waals surface area contributed by atoms with Crippen LogP contribution in [-0.4, -0.2) is 30.1 Å². The first-order chi connectivity index (χ1) is 9.60. The van der Waals surface area contributed by atoms with Crippen molar-refractivity contribution in [3.8, 4) is 0 Å². The van der Waals surface area contributed by atoms with Crippen LogP contribution >= 0.6 is 0 Å². The molecular formula is C16H26N4. The van der Waals surface area contributed by atoms with E-state index in [9.17, 15) is 0 Å². The molecule has 4 nitrogen and oxygen atoms in total. The Morgan fingerprint density at radius 3 is 2.55 bits per heavy atom. The normalized spacial score (nSPS) is 24.6. The summed E-state index contributed by atoms with van der Waals surface area (Å²) in [6.45, 7) is 8.62. The van der Waals surface area contributed by atoms with Crippen LogP contribution in [0.5, 0.6) is 0 Å². The van der Waals surface area contributed by atoms with Crippen molar-refractivity contribution < 1.29 is 0 Å². The summed E-state index contributed by atoms with van der Waals surface area (Å²) in [6, 6.07) is 0. The fourth-order valence-electron chi connectivity index (χ4n) is 2.85. The van der Waals surface area contributed by atoms with E-state index in [1.165, 1.54) is 24.8 Å². The largest absolute Gasteiger partial charge is 0.370 e. The third-order valence-electron chi connectivity index (χ3n) is 4.57. The molecule has 1 N–H and O–H groups in total. The van der Waals surface area contributed by atoms with Gasteiger partial charge in [0.1, 0.15) is 17.5 Å². The highest BCUT2D eigenvalue weighted by Crippen LogP contribution is 2.41. The van der Waals surface area contributed by atoms with Gasteiger partial charge >= 0.3 is 0 Å². The molecule has 2 aliphatic rings. The van der Waals surface area contributed by atoms with Crippen LogP contribution in [0.15, 0.2) is 0 Å². The average molecular weight is 274 g/mol. The zero-order valence-corrected chi connectivity index (χ0v) is 13.1. The van der Waals surface area contributed by atoms with E-state index in [-0.39, 0.29) is 0 Å². The number of nitrogens with zero attached hydrogens (tertiary/aromatic N) is 3. The van der Waals surface area contributed by atoms with Gasteiger partial charge in [0, 0.05) is 31.6 Å². The molecule has 3 rings (SSSR count). The summed E-state index contributed by atoms with van der Waals surface area (Å²) in [6.07, 6.45) is 3.86. The summed E-state index contributed by atoms with van der Waals surface area (Å²) in [4.78, 5) is 11.9. The Balaban J connectivity index is 1.86. The molecule has 2 aliphatic carbocycles. The van der Waals surface area contributed by atoms with E-state index in [1.807, 2.05) is 0 Å². The van der Waals surface area contributed by atoms with Gasteiger partial charge in [-0.2, -0.15) is 0 Å². The molecule has 0 amide bonds. The first-order valence-electron chi connectivity index (χ1n) is 7.93. The van der Waals surface area contributed by atoms with Gasteiger partial charge in [0.2, 0.25) is 0 Å². The number of hydrogen-bond donors (Lipinski definition) is 1. The molecule has 2 saturated carbocycles. The van der Waals surface area contributed by atoms with E-state index in [4.69, 9.17) is 9.97 Å². The van der Waals surface area contributed by atoms with E-state index in [1.54, 1.807) is 0 Å². The van der Waals surface area contributed by atoms with Gasteiger partial charge < -0.3 is 10.2 Å². The van der Waals surface area contributed by atoms with Gasteiger partial charge in [-0.3, -0.25) is 0 Å². The van der Waals surface area contributed by atoms with E-state index in [2.05, 4.69) is 38.0 Å². The van der Waals surface area contributed by atoms with Gasteiger partial charge in [-0.1, -0.05) is 6.92 Å². The van der Waals surface area contributed by atoms with Crippen LogP contribution in [0.25, 0.3) is 0 Å². The van der Waals surface area contributed by atoms with Crippen LogP contribution in [-0.2, 0) is 0 Å². The van der Waals surface area contributed by atoms with Crippen molar-refractivity contribution in [2.75, 3.05) is 30.4 Å². The summed E-state index contributed by atoms with van der Waals surface area (Å²) in [5.41, 5.74) is 1.19. The van der Waals surface area contributed by atoms with Gasteiger partial charge in [-0.25, -0.2) is 9.97 Å². The lowest BCUT2D eigenvalue weighted by molar-refractivity contribution is 0.713. The van der Waals surface area contributed by atoms with Gasteiger partial charge in [-0.15, -0.1) is 0 Å². The molecule has 0 spiro atoms. The molecule has 0 radical (unpaired) electrons. The van der Waals surface area contributed by atoms with Crippen LogP contribution in [0.1, 0.15) is 50.4 Å². The molecule has 2 atom stereocenters. The molecule has 0 saturated heterocycles. The predicted octanol–water partition coefficient (Wildman–Crippen LogP) is 3.19. The lowest BCUT2D eigenvalue weighted by Crippen LogP contribution is -2.24. The lowest BCUT2D eigenvalue weighted by atomic mass is 10.2. The molecule has 0 aliphatic heterocycles. The Kier molecular flexibility index (Phi) is 3.57. The van der Waals surface area contributed by atoms with Crippen molar-refractivity contribution in [2.45, 2.75) is 46.0 Å². The minimum Gasteiger partial charge on any atom is -0.370 e. The standard InChI is InChI=1S/C16H26N4/c1-5-17-14-11(3)16(19-15(18-14)12-6-7-12)20(4)9-13-8-10(13)2/h10,12-13H,5-9H2,1-4H3,(H,17,18,19). The van der Waals surface area contributed by atoms with Crippen LogP contribution in [0.4, 0.5) is 11.6 Å². The predicted molar refractivity (Wildman–Crippen MR) is 83.4 cm³/mol. The quantitative estimate of drug-likeness (QED) is 0.865. The second kappa shape index (κ2) is 5.23. The lowest BCUT2D eigenvalue weighted by Gasteiger charge is -2.22. The highest BCUT2D eigenvalue weighted by Gasteiger charge is 2.34. The van der Waals surface area contributed by atoms with Gasteiger partial charge in [0.05, 0.1) is 0 Å². The molecule has 110 valence electrons. The van der Waals surface area contributed by atoms with Crippen molar-refractivity contribution in [3.63, 3.8) is 0 Å². The molecule has 1 heterocycles. The number of nitrogens with one attached hydrogen (secondary N) is 1. The molecule has 0 aromatic carbocycles. The molecule has 4 heteroatoms. The highest BCUT2D eigenvalue weighted by atomic mass is 15.2. The first kappa shape index (κ1) is 13.7. The Labute approximate surface area is 122 Å². The minimum absolute atomic E-state index is 0.597. The monoisotopic (exact) mass is 274 g/mol. The highest BCUT2D eigenvalue weighted by molar-refractivity contribution is 5.58. The second-order valence-electron chi connectivity index (χ2n) is 6.54. The molecule has 2 fully saturated rings. The topological polar surface area (TPSA) is 41.1 Å². The van der Waals surface area contributed by atoms with Gasteiger partial charge in [-0.05, 0) is 44.9 Å². The number of aromatic nitrogens is 2. The smallest absolute Gasteiger partial charge is 0.137 e. The van der Waals surface area contributed by atoms with Crippen molar-refractivity contribution in [1.82, 2.24) is 9.97 Å². The summed E-state index contributed by atoms with van der Waals surface area (Å²) in [5.74, 6) is 5.52. The Morgan fingerprint density at radius 1 is 1.30 bits per heavy atom. The minimum atomic E-state index is 0.597. The summed E-state index contributed by atoms with van der Waals surface area (Å²) in [7, 11) is 2.17. The van der Waals surface area contributed by atoms with E-state index >= 15 is 0 Å². The SMILES string of the molecule is CCNc1nc(C2CC2)nc(N(C)CC2CC2C)c1C. The summed E-state index contributed by atoms with van der Waals surface area (Å²) >= 11 is 0. The third kappa shape index (κ3) is 2.74. The number of hydrogen-bond acceptors (Lipinski definition) is 4. The zero-order chi connectivity index (χ0) is 14.3. The molecular weight excluding hydrogens is 248 g/mol. The third-order valence-corrected chi connectivity index (χ3v) is 4.57. The Hall–Kier alpha value is -1.32. The van der Waals surface area contributed by atoms with E-state index in [0.29, 0.717) is 5.92 Å². The Morgan fingerprint density at radius 2 is 2.00 bits per heavy atom. The van der Waals surface area contributed by atoms with Crippen molar-refractivity contribution in [2.24, 2.45) is 11.8 Å². The summed E-state index contributed by atoms with van der Waals surface area (Å²) < 4.78 is 0. The molecule has 1 aromatic heterocycles. The maximum Gasteiger partial charge on any atom is 0.137 e.